The van der Waals surface area contributed by atoms with E-state index in [0.717, 1.165) is 10.5 Å². The van der Waals surface area contributed by atoms with Crippen molar-refractivity contribution in [3.8, 4) is 0 Å². The maximum atomic E-state index is 12.3. The van der Waals surface area contributed by atoms with Gasteiger partial charge in [-0.3, -0.25) is 9.59 Å². The monoisotopic (exact) mass is 410 g/mol. The minimum Gasteiger partial charge on any atom is -0.325 e. The molecule has 3 rings (SSSR count). The van der Waals surface area contributed by atoms with Crippen molar-refractivity contribution in [2.24, 2.45) is 0 Å². The minimum absolute atomic E-state index is 0.110. The molecule has 0 unspecified atom stereocenters. The summed E-state index contributed by atoms with van der Waals surface area (Å²) in [6.45, 7) is 1.98. The van der Waals surface area contributed by atoms with Gasteiger partial charge in [0.1, 0.15) is 0 Å². The van der Waals surface area contributed by atoms with E-state index in [1.165, 1.54) is 11.8 Å². The molecule has 142 valence electrons. The molecule has 0 bridgehead atoms. The largest absolute Gasteiger partial charge is 0.325 e. The summed E-state index contributed by atoms with van der Waals surface area (Å²) in [5, 5.41) is 6.33. The number of benzene rings is 3. The highest BCUT2D eigenvalue weighted by Crippen LogP contribution is 2.22. The Morgan fingerprint density at radius 1 is 0.893 bits per heavy atom. The lowest BCUT2D eigenvalue weighted by atomic mass is 10.1. The number of halogens is 1. The molecule has 2 amide bonds. The lowest BCUT2D eigenvalue weighted by Crippen LogP contribution is -2.14. The number of hydrogen-bond donors (Lipinski definition) is 2. The fraction of sp³-hybridized carbons (Fsp3) is 0.0909. The summed E-state index contributed by atoms with van der Waals surface area (Å²) in [7, 11) is 0. The first-order valence-corrected chi connectivity index (χ1v) is 10.0. The van der Waals surface area contributed by atoms with E-state index in [1.807, 2.05) is 43.3 Å². The highest BCUT2D eigenvalue weighted by molar-refractivity contribution is 8.00. The van der Waals surface area contributed by atoms with E-state index >= 15 is 0 Å². The lowest BCUT2D eigenvalue weighted by molar-refractivity contribution is -0.113. The van der Waals surface area contributed by atoms with Gasteiger partial charge in [0.25, 0.3) is 5.91 Å². The van der Waals surface area contributed by atoms with Crippen LogP contribution in [0.15, 0.2) is 77.7 Å². The molecular weight excluding hydrogens is 392 g/mol. The number of rotatable bonds is 6. The highest BCUT2D eigenvalue weighted by Gasteiger charge is 2.08. The summed E-state index contributed by atoms with van der Waals surface area (Å²) in [6, 6.07) is 21.8. The van der Waals surface area contributed by atoms with Crippen molar-refractivity contribution >= 4 is 46.6 Å². The second-order valence-corrected chi connectivity index (χ2v) is 7.68. The summed E-state index contributed by atoms with van der Waals surface area (Å²) in [4.78, 5) is 25.3. The van der Waals surface area contributed by atoms with Gasteiger partial charge in [-0.2, -0.15) is 0 Å². The fourth-order valence-corrected chi connectivity index (χ4v) is 3.33. The van der Waals surface area contributed by atoms with Crippen LogP contribution in [0.5, 0.6) is 0 Å². The summed E-state index contributed by atoms with van der Waals surface area (Å²) in [5.74, 6) is -0.0121. The van der Waals surface area contributed by atoms with Gasteiger partial charge in [-0.05, 0) is 61.5 Å². The van der Waals surface area contributed by atoms with Crippen LogP contribution in [0.25, 0.3) is 0 Å². The molecule has 0 atom stereocenters. The van der Waals surface area contributed by atoms with Crippen molar-refractivity contribution in [1.82, 2.24) is 0 Å². The standard InChI is InChI=1S/C22H19ClN2O2S/c1-15-5-7-16(8-6-15)22(27)25-19-3-2-4-20(13-19)28-14-21(26)24-18-11-9-17(23)10-12-18/h2-13H,14H2,1H3,(H,24,26)(H,25,27). The van der Waals surface area contributed by atoms with Crippen LogP contribution in [0, 0.1) is 6.92 Å². The Kier molecular flexibility index (Phi) is 6.74. The Labute approximate surface area is 173 Å². The molecule has 4 nitrogen and oxygen atoms in total. The molecule has 0 aliphatic carbocycles. The second kappa shape index (κ2) is 9.44. The molecule has 2 N–H and O–H groups in total. The van der Waals surface area contributed by atoms with E-state index in [9.17, 15) is 9.59 Å². The van der Waals surface area contributed by atoms with Gasteiger partial charge in [0.05, 0.1) is 5.75 Å². The number of carbonyl (C=O) groups is 2. The van der Waals surface area contributed by atoms with E-state index in [0.29, 0.717) is 22.0 Å². The number of thioether (sulfide) groups is 1. The number of nitrogens with one attached hydrogen (secondary N) is 2. The average Bonchev–Trinajstić information content (AvgIpc) is 2.69. The maximum absolute atomic E-state index is 12.3. The molecule has 0 aliphatic rings. The van der Waals surface area contributed by atoms with Crippen LogP contribution in [0.2, 0.25) is 5.02 Å². The molecule has 3 aromatic carbocycles. The molecule has 0 fully saturated rings. The third-order valence-electron chi connectivity index (χ3n) is 3.90. The SMILES string of the molecule is Cc1ccc(C(=O)Nc2cccc(SCC(=O)Nc3ccc(Cl)cc3)c2)cc1. The zero-order valence-corrected chi connectivity index (χ0v) is 16.8. The van der Waals surface area contributed by atoms with Crippen molar-refractivity contribution in [2.75, 3.05) is 16.4 Å². The predicted octanol–water partition coefficient (Wildman–Crippen LogP) is 5.63. The van der Waals surface area contributed by atoms with E-state index in [-0.39, 0.29) is 17.6 Å². The van der Waals surface area contributed by atoms with Gasteiger partial charge in [0.15, 0.2) is 0 Å². The summed E-state index contributed by atoms with van der Waals surface area (Å²) >= 11 is 7.24. The first kappa shape index (κ1) is 20.0. The van der Waals surface area contributed by atoms with Gasteiger partial charge in [0.2, 0.25) is 5.91 Å². The number of amides is 2. The molecule has 0 saturated heterocycles. The third-order valence-corrected chi connectivity index (χ3v) is 5.15. The van der Waals surface area contributed by atoms with Gasteiger partial charge in [-0.1, -0.05) is 35.4 Å². The van der Waals surface area contributed by atoms with Gasteiger partial charge in [-0.15, -0.1) is 11.8 Å². The Bertz CT molecular complexity index is 973. The smallest absolute Gasteiger partial charge is 0.255 e. The van der Waals surface area contributed by atoms with Gasteiger partial charge in [0, 0.05) is 26.9 Å². The molecule has 3 aromatic rings. The summed E-state index contributed by atoms with van der Waals surface area (Å²) < 4.78 is 0. The zero-order valence-electron chi connectivity index (χ0n) is 15.2. The molecule has 0 radical (unpaired) electrons. The van der Waals surface area contributed by atoms with E-state index in [4.69, 9.17) is 11.6 Å². The normalized spacial score (nSPS) is 10.4. The Balaban J connectivity index is 1.55. The first-order valence-electron chi connectivity index (χ1n) is 8.66. The number of anilines is 2. The van der Waals surface area contributed by atoms with Crippen LogP contribution < -0.4 is 10.6 Å². The van der Waals surface area contributed by atoms with Crippen molar-refractivity contribution < 1.29 is 9.59 Å². The number of carbonyl (C=O) groups excluding carboxylic acids is 2. The first-order chi connectivity index (χ1) is 13.5. The van der Waals surface area contributed by atoms with Crippen LogP contribution >= 0.6 is 23.4 Å². The summed E-state index contributed by atoms with van der Waals surface area (Å²) in [6.07, 6.45) is 0. The Hall–Kier alpha value is -2.76. The maximum Gasteiger partial charge on any atom is 0.255 e. The third kappa shape index (κ3) is 5.87. The summed E-state index contributed by atoms with van der Waals surface area (Å²) in [5.41, 5.74) is 3.10. The topological polar surface area (TPSA) is 58.2 Å². The van der Waals surface area contributed by atoms with Gasteiger partial charge < -0.3 is 10.6 Å². The van der Waals surface area contributed by atoms with Gasteiger partial charge in [-0.25, -0.2) is 0 Å². The van der Waals surface area contributed by atoms with E-state index in [2.05, 4.69) is 10.6 Å². The van der Waals surface area contributed by atoms with Crippen LogP contribution in [0.1, 0.15) is 15.9 Å². The van der Waals surface area contributed by atoms with E-state index in [1.54, 1.807) is 36.4 Å². The quantitative estimate of drug-likeness (QED) is 0.517. The van der Waals surface area contributed by atoms with Crippen molar-refractivity contribution in [3.63, 3.8) is 0 Å². The minimum atomic E-state index is -0.164. The zero-order chi connectivity index (χ0) is 19.9. The van der Waals surface area contributed by atoms with Crippen molar-refractivity contribution in [2.45, 2.75) is 11.8 Å². The Morgan fingerprint density at radius 3 is 2.32 bits per heavy atom. The fourth-order valence-electron chi connectivity index (χ4n) is 2.45. The average molecular weight is 411 g/mol. The molecular formula is C22H19ClN2O2S. The van der Waals surface area contributed by atoms with Crippen LogP contribution in [0.3, 0.4) is 0 Å². The molecule has 0 spiro atoms. The van der Waals surface area contributed by atoms with Crippen LogP contribution in [-0.2, 0) is 4.79 Å². The second-order valence-electron chi connectivity index (χ2n) is 6.19. The molecule has 0 aliphatic heterocycles. The molecule has 6 heteroatoms. The van der Waals surface area contributed by atoms with Crippen molar-refractivity contribution in [1.29, 1.82) is 0 Å². The lowest BCUT2D eigenvalue weighted by Gasteiger charge is -2.08. The highest BCUT2D eigenvalue weighted by atomic mass is 35.5. The molecule has 0 aromatic heterocycles. The Morgan fingerprint density at radius 2 is 1.61 bits per heavy atom. The number of hydrogen-bond acceptors (Lipinski definition) is 3. The van der Waals surface area contributed by atoms with Crippen molar-refractivity contribution in [3.05, 3.63) is 88.9 Å². The molecule has 0 heterocycles. The van der Waals surface area contributed by atoms with Crippen LogP contribution in [-0.4, -0.2) is 17.6 Å². The van der Waals surface area contributed by atoms with Crippen LogP contribution in [0.4, 0.5) is 11.4 Å². The molecule has 0 saturated carbocycles. The van der Waals surface area contributed by atoms with Gasteiger partial charge >= 0.3 is 0 Å². The van der Waals surface area contributed by atoms with E-state index < -0.39 is 0 Å². The molecule has 28 heavy (non-hydrogen) atoms. The number of aryl methyl sites for hydroxylation is 1. The predicted molar refractivity (Wildman–Crippen MR) is 116 cm³/mol.